The number of aryl methyl sites for hydroxylation is 1. The van der Waals surface area contributed by atoms with E-state index in [4.69, 9.17) is 4.74 Å². The SMILES string of the molecule is CCNC(=NCCc1ccc(C)c(OC)c1)NCCNC(=O)C(C)C.I. The molecule has 3 N–H and O–H groups in total. The first-order valence-corrected chi connectivity index (χ1v) is 8.91. The molecule has 0 spiro atoms. The van der Waals surface area contributed by atoms with Crippen molar-refractivity contribution in [3.63, 3.8) is 0 Å². The van der Waals surface area contributed by atoms with Crippen LogP contribution in [-0.4, -0.2) is 45.2 Å². The van der Waals surface area contributed by atoms with Crippen LogP contribution in [0.4, 0.5) is 0 Å². The molecule has 0 heterocycles. The summed E-state index contributed by atoms with van der Waals surface area (Å²) >= 11 is 0. The summed E-state index contributed by atoms with van der Waals surface area (Å²) in [7, 11) is 1.69. The zero-order valence-corrected chi connectivity index (χ0v) is 18.8. The minimum Gasteiger partial charge on any atom is -0.496 e. The van der Waals surface area contributed by atoms with E-state index in [0.29, 0.717) is 19.6 Å². The molecule has 1 amide bonds. The first-order valence-electron chi connectivity index (χ1n) is 8.91. The minimum absolute atomic E-state index is 0. The van der Waals surface area contributed by atoms with E-state index in [-0.39, 0.29) is 35.8 Å². The van der Waals surface area contributed by atoms with Crippen LogP contribution in [0.15, 0.2) is 23.2 Å². The van der Waals surface area contributed by atoms with Gasteiger partial charge in [0.05, 0.1) is 7.11 Å². The number of carbonyl (C=O) groups is 1. The van der Waals surface area contributed by atoms with Crippen LogP contribution in [0.2, 0.25) is 0 Å². The van der Waals surface area contributed by atoms with E-state index in [1.54, 1.807) is 7.11 Å². The van der Waals surface area contributed by atoms with E-state index in [1.807, 2.05) is 27.7 Å². The Bertz CT molecular complexity index is 577. The average Bonchev–Trinajstić information content (AvgIpc) is 2.59. The summed E-state index contributed by atoms with van der Waals surface area (Å²) in [6.07, 6.45) is 0.845. The highest BCUT2D eigenvalue weighted by Crippen LogP contribution is 2.19. The monoisotopic (exact) mass is 476 g/mol. The Balaban J connectivity index is 0.00000625. The van der Waals surface area contributed by atoms with Crippen molar-refractivity contribution in [1.29, 1.82) is 0 Å². The Morgan fingerprint density at radius 1 is 1.19 bits per heavy atom. The van der Waals surface area contributed by atoms with Gasteiger partial charge in [-0.2, -0.15) is 0 Å². The van der Waals surface area contributed by atoms with E-state index in [0.717, 1.165) is 30.2 Å². The van der Waals surface area contributed by atoms with Gasteiger partial charge < -0.3 is 20.7 Å². The number of hydrogen-bond acceptors (Lipinski definition) is 3. The third kappa shape index (κ3) is 9.26. The normalized spacial score (nSPS) is 10.9. The Hall–Kier alpha value is -1.51. The number of hydrogen-bond donors (Lipinski definition) is 3. The minimum atomic E-state index is 0. The van der Waals surface area contributed by atoms with E-state index in [9.17, 15) is 4.79 Å². The molecule has 0 radical (unpaired) electrons. The molecular formula is C19H33IN4O2. The number of halogens is 1. The molecule has 0 atom stereocenters. The predicted molar refractivity (Wildman–Crippen MR) is 119 cm³/mol. The summed E-state index contributed by atoms with van der Waals surface area (Å²) in [5.41, 5.74) is 2.33. The van der Waals surface area contributed by atoms with Crippen molar-refractivity contribution in [1.82, 2.24) is 16.0 Å². The van der Waals surface area contributed by atoms with Crippen molar-refractivity contribution in [2.45, 2.75) is 34.1 Å². The molecule has 0 bridgehead atoms. The molecule has 1 aromatic rings. The van der Waals surface area contributed by atoms with Crippen LogP contribution in [0.25, 0.3) is 0 Å². The molecule has 0 saturated carbocycles. The lowest BCUT2D eigenvalue weighted by Crippen LogP contribution is -2.42. The van der Waals surface area contributed by atoms with Crippen molar-refractivity contribution < 1.29 is 9.53 Å². The number of amides is 1. The Labute approximate surface area is 174 Å². The molecule has 0 unspecified atom stereocenters. The third-order valence-corrected chi connectivity index (χ3v) is 3.73. The van der Waals surface area contributed by atoms with Gasteiger partial charge in [0.25, 0.3) is 0 Å². The standard InChI is InChI=1S/C19H32N4O2.HI/c1-6-20-19(23-12-11-21-18(24)14(2)3)22-10-9-16-8-7-15(4)17(13-16)25-5;/h7-8,13-14H,6,9-12H2,1-5H3,(H,21,24)(H2,20,22,23);1H. The number of carbonyl (C=O) groups excluding carboxylic acids is 1. The molecule has 0 saturated heterocycles. The number of benzene rings is 1. The van der Waals surface area contributed by atoms with Gasteiger partial charge in [-0.3, -0.25) is 9.79 Å². The third-order valence-electron chi connectivity index (χ3n) is 3.73. The fraction of sp³-hybridized carbons (Fsp3) is 0.579. The van der Waals surface area contributed by atoms with Gasteiger partial charge in [0.15, 0.2) is 5.96 Å². The lowest BCUT2D eigenvalue weighted by Gasteiger charge is -2.13. The lowest BCUT2D eigenvalue weighted by atomic mass is 10.1. The van der Waals surface area contributed by atoms with Crippen molar-refractivity contribution in [2.75, 3.05) is 33.3 Å². The molecule has 0 aliphatic rings. The fourth-order valence-corrected chi connectivity index (χ4v) is 2.23. The van der Waals surface area contributed by atoms with Gasteiger partial charge >= 0.3 is 0 Å². The van der Waals surface area contributed by atoms with E-state index in [1.165, 1.54) is 5.56 Å². The second-order valence-electron chi connectivity index (χ2n) is 6.19. The summed E-state index contributed by atoms with van der Waals surface area (Å²) < 4.78 is 5.36. The highest BCUT2D eigenvalue weighted by atomic mass is 127. The quantitative estimate of drug-likeness (QED) is 0.222. The predicted octanol–water partition coefficient (Wildman–Crippen LogP) is 2.49. The van der Waals surface area contributed by atoms with Gasteiger partial charge in [0.1, 0.15) is 5.75 Å². The second kappa shape index (κ2) is 13.7. The maximum Gasteiger partial charge on any atom is 0.222 e. The average molecular weight is 476 g/mol. The van der Waals surface area contributed by atoms with E-state index < -0.39 is 0 Å². The number of nitrogens with zero attached hydrogens (tertiary/aromatic N) is 1. The molecule has 148 valence electrons. The van der Waals surface area contributed by atoms with Crippen LogP contribution in [0.3, 0.4) is 0 Å². The van der Waals surface area contributed by atoms with Crippen LogP contribution in [0.5, 0.6) is 5.75 Å². The fourth-order valence-electron chi connectivity index (χ4n) is 2.23. The number of methoxy groups -OCH3 is 1. The van der Waals surface area contributed by atoms with Gasteiger partial charge in [-0.15, -0.1) is 24.0 Å². The van der Waals surface area contributed by atoms with Gasteiger partial charge in [0.2, 0.25) is 5.91 Å². The summed E-state index contributed by atoms with van der Waals surface area (Å²) in [4.78, 5) is 16.1. The number of guanidine groups is 1. The van der Waals surface area contributed by atoms with Crippen molar-refractivity contribution in [3.8, 4) is 5.75 Å². The van der Waals surface area contributed by atoms with E-state index in [2.05, 4.69) is 39.1 Å². The summed E-state index contributed by atoms with van der Waals surface area (Å²) in [5, 5.41) is 9.33. The molecule has 26 heavy (non-hydrogen) atoms. The molecule has 0 aliphatic heterocycles. The van der Waals surface area contributed by atoms with Crippen LogP contribution in [0.1, 0.15) is 31.9 Å². The molecule has 6 nitrogen and oxygen atoms in total. The number of ether oxygens (including phenoxy) is 1. The zero-order chi connectivity index (χ0) is 18.7. The molecule has 1 rings (SSSR count). The van der Waals surface area contributed by atoms with Crippen LogP contribution < -0.4 is 20.7 Å². The molecule has 0 aliphatic carbocycles. The van der Waals surface area contributed by atoms with Gasteiger partial charge in [0, 0.05) is 32.1 Å². The van der Waals surface area contributed by atoms with Crippen molar-refractivity contribution in [3.05, 3.63) is 29.3 Å². The molecule has 0 fully saturated rings. The molecule has 1 aromatic carbocycles. The van der Waals surface area contributed by atoms with Gasteiger partial charge in [-0.1, -0.05) is 26.0 Å². The zero-order valence-electron chi connectivity index (χ0n) is 16.5. The number of nitrogens with one attached hydrogen (secondary N) is 3. The highest BCUT2D eigenvalue weighted by molar-refractivity contribution is 14.0. The Kier molecular flexibility index (Phi) is 12.9. The maximum atomic E-state index is 11.5. The lowest BCUT2D eigenvalue weighted by molar-refractivity contribution is -0.123. The van der Waals surface area contributed by atoms with Crippen molar-refractivity contribution in [2.24, 2.45) is 10.9 Å². The highest BCUT2D eigenvalue weighted by Gasteiger charge is 2.05. The topological polar surface area (TPSA) is 74.8 Å². The first-order chi connectivity index (χ1) is 12.0. The number of rotatable bonds is 9. The Morgan fingerprint density at radius 2 is 1.88 bits per heavy atom. The summed E-state index contributed by atoms with van der Waals surface area (Å²) in [6, 6.07) is 6.24. The van der Waals surface area contributed by atoms with E-state index >= 15 is 0 Å². The maximum absolute atomic E-state index is 11.5. The Morgan fingerprint density at radius 3 is 2.50 bits per heavy atom. The van der Waals surface area contributed by atoms with Crippen LogP contribution in [0, 0.1) is 12.8 Å². The summed E-state index contributed by atoms with van der Waals surface area (Å²) in [6.45, 7) is 10.5. The molecular weight excluding hydrogens is 443 g/mol. The molecule has 7 heteroatoms. The van der Waals surface area contributed by atoms with Crippen LogP contribution >= 0.6 is 24.0 Å². The van der Waals surface area contributed by atoms with Crippen LogP contribution in [-0.2, 0) is 11.2 Å². The number of aliphatic imine (C=N–C) groups is 1. The first kappa shape index (κ1) is 24.5. The smallest absolute Gasteiger partial charge is 0.222 e. The largest absolute Gasteiger partial charge is 0.496 e. The van der Waals surface area contributed by atoms with Gasteiger partial charge in [-0.25, -0.2) is 0 Å². The summed E-state index contributed by atoms with van der Waals surface area (Å²) in [5.74, 6) is 1.75. The second-order valence-corrected chi connectivity index (χ2v) is 6.19. The van der Waals surface area contributed by atoms with Gasteiger partial charge in [-0.05, 0) is 37.5 Å². The van der Waals surface area contributed by atoms with Crippen molar-refractivity contribution >= 4 is 35.8 Å². The molecule has 0 aromatic heterocycles.